The topological polar surface area (TPSA) is 88.2 Å². The highest BCUT2D eigenvalue weighted by Crippen LogP contribution is 2.29. The fourth-order valence-corrected chi connectivity index (χ4v) is 3.28. The third-order valence-corrected chi connectivity index (χ3v) is 5.38. The van der Waals surface area contributed by atoms with E-state index in [9.17, 15) is 14.4 Å². The van der Waals surface area contributed by atoms with Crippen molar-refractivity contribution in [1.29, 1.82) is 0 Å². The number of carbonyl (C=O) groups is 3. The summed E-state index contributed by atoms with van der Waals surface area (Å²) >= 11 is 0. The normalized spacial score (nSPS) is 18.0. The molecule has 0 aliphatic carbocycles. The summed E-state index contributed by atoms with van der Waals surface area (Å²) in [5.41, 5.74) is 0.531. The number of methoxy groups -OCH3 is 1. The summed E-state index contributed by atoms with van der Waals surface area (Å²) in [6.07, 6.45) is 0. The number of nitrogens with zero attached hydrogens (tertiary/aromatic N) is 2. The summed E-state index contributed by atoms with van der Waals surface area (Å²) < 4.78 is 10.7. The minimum Gasteiger partial charge on any atom is -0.497 e. The fourth-order valence-electron chi connectivity index (χ4n) is 3.28. The number of rotatable bonds is 8. The van der Waals surface area contributed by atoms with Crippen LogP contribution in [-0.4, -0.2) is 61.5 Å². The van der Waals surface area contributed by atoms with Gasteiger partial charge in [-0.15, -0.1) is 0 Å². The summed E-state index contributed by atoms with van der Waals surface area (Å²) in [6.45, 7) is 3.85. The number of amides is 4. The first kappa shape index (κ1) is 22.1. The predicted octanol–water partition coefficient (Wildman–Crippen LogP) is 2.31. The largest absolute Gasteiger partial charge is 0.497 e. The fraction of sp³-hybridized carbons (Fsp3) is 0.348. The highest BCUT2D eigenvalue weighted by atomic mass is 16.5. The van der Waals surface area contributed by atoms with Gasteiger partial charge in [-0.1, -0.05) is 29.8 Å². The number of hydrogen-bond acceptors (Lipinski definition) is 5. The number of aryl methyl sites for hydroxylation is 1. The van der Waals surface area contributed by atoms with E-state index in [0.29, 0.717) is 17.9 Å². The van der Waals surface area contributed by atoms with Crippen LogP contribution in [0.15, 0.2) is 48.5 Å². The van der Waals surface area contributed by atoms with Gasteiger partial charge in [-0.25, -0.2) is 4.79 Å². The molecule has 1 aliphatic rings. The molecule has 1 fully saturated rings. The van der Waals surface area contributed by atoms with Crippen molar-refractivity contribution >= 4 is 17.8 Å². The van der Waals surface area contributed by atoms with Crippen LogP contribution in [0.25, 0.3) is 0 Å². The Bertz CT molecular complexity index is 958. The van der Waals surface area contributed by atoms with Gasteiger partial charge in [0.25, 0.3) is 5.91 Å². The van der Waals surface area contributed by atoms with E-state index in [1.807, 2.05) is 31.2 Å². The zero-order valence-corrected chi connectivity index (χ0v) is 18.2. The van der Waals surface area contributed by atoms with Gasteiger partial charge in [0.2, 0.25) is 5.91 Å². The number of ether oxygens (including phenoxy) is 2. The molecule has 8 heteroatoms. The van der Waals surface area contributed by atoms with Gasteiger partial charge in [-0.3, -0.25) is 14.5 Å². The summed E-state index contributed by atoms with van der Waals surface area (Å²) in [7, 11) is 3.20. The Kier molecular flexibility index (Phi) is 6.48. The summed E-state index contributed by atoms with van der Waals surface area (Å²) in [5, 5.41) is 2.72. The Hall–Kier alpha value is -3.55. The van der Waals surface area contributed by atoms with Crippen molar-refractivity contribution in [2.75, 3.05) is 33.9 Å². The van der Waals surface area contributed by atoms with E-state index in [-0.39, 0.29) is 19.1 Å². The molecule has 1 aliphatic heterocycles. The van der Waals surface area contributed by atoms with Crippen molar-refractivity contribution in [3.05, 3.63) is 59.7 Å². The SMILES string of the molecule is COc1ccc(OCCN(C)C(=O)CN2C(=O)NC(C)(c3ccc(C)cc3)C2=O)cc1. The first-order valence-electron chi connectivity index (χ1n) is 9.96. The highest BCUT2D eigenvalue weighted by molar-refractivity contribution is 6.09. The Labute approximate surface area is 181 Å². The lowest BCUT2D eigenvalue weighted by atomic mass is 9.91. The highest BCUT2D eigenvalue weighted by Gasteiger charge is 2.49. The van der Waals surface area contributed by atoms with Gasteiger partial charge in [-0.05, 0) is 43.7 Å². The summed E-state index contributed by atoms with van der Waals surface area (Å²) in [5.74, 6) is 0.586. The van der Waals surface area contributed by atoms with E-state index < -0.39 is 17.5 Å². The average Bonchev–Trinajstić information content (AvgIpc) is 2.98. The van der Waals surface area contributed by atoms with Crippen LogP contribution in [-0.2, 0) is 15.1 Å². The molecule has 164 valence electrons. The van der Waals surface area contributed by atoms with Crippen molar-refractivity contribution in [2.45, 2.75) is 19.4 Å². The van der Waals surface area contributed by atoms with Crippen LogP contribution in [0.4, 0.5) is 4.79 Å². The minimum atomic E-state index is -1.19. The number of carbonyl (C=O) groups excluding carboxylic acids is 3. The second-order valence-corrected chi connectivity index (χ2v) is 7.65. The molecule has 1 heterocycles. The molecule has 1 atom stereocenters. The Balaban J connectivity index is 1.55. The minimum absolute atomic E-state index is 0.274. The van der Waals surface area contributed by atoms with E-state index in [1.54, 1.807) is 45.3 Å². The van der Waals surface area contributed by atoms with Crippen LogP contribution < -0.4 is 14.8 Å². The van der Waals surface area contributed by atoms with E-state index in [2.05, 4.69) is 5.32 Å². The van der Waals surface area contributed by atoms with E-state index in [4.69, 9.17) is 9.47 Å². The lowest BCUT2D eigenvalue weighted by Crippen LogP contribution is -2.44. The standard InChI is InChI=1S/C23H27N3O5/c1-16-5-7-17(8-6-16)23(2)21(28)26(22(29)24-23)15-20(27)25(3)13-14-31-19-11-9-18(30-4)10-12-19/h5-12H,13-15H2,1-4H3,(H,24,29). The van der Waals surface area contributed by atoms with Crippen molar-refractivity contribution in [3.8, 4) is 11.5 Å². The first-order chi connectivity index (χ1) is 14.7. The maximum atomic E-state index is 13.0. The van der Waals surface area contributed by atoms with Gasteiger partial charge in [-0.2, -0.15) is 0 Å². The number of urea groups is 1. The molecule has 0 aromatic heterocycles. The summed E-state index contributed by atoms with van der Waals surface area (Å²) in [4.78, 5) is 40.4. The van der Waals surface area contributed by atoms with E-state index >= 15 is 0 Å². The number of likely N-dealkylation sites (N-methyl/N-ethyl adjacent to an activating group) is 1. The Morgan fingerprint density at radius 2 is 1.68 bits per heavy atom. The lowest BCUT2D eigenvalue weighted by Gasteiger charge is -2.23. The zero-order chi connectivity index (χ0) is 22.6. The van der Waals surface area contributed by atoms with Crippen molar-refractivity contribution in [1.82, 2.24) is 15.1 Å². The van der Waals surface area contributed by atoms with Gasteiger partial charge < -0.3 is 19.7 Å². The van der Waals surface area contributed by atoms with E-state index in [0.717, 1.165) is 16.2 Å². The molecule has 0 bridgehead atoms. The molecule has 1 saturated heterocycles. The van der Waals surface area contributed by atoms with Crippen LogP contribution in [0.3, 0.4) is 0 Å². The number of hydrogen-bond donors (Lipinski definition) is 1. The second kappa shape index (κ2) is 9.07. The first-order valence-corrected chi connectivity index (χ1v) is 9.96. The number of imide groups is 1. The molecule has 31 heavy (non-hydrogen) atoms. The molecule has 0 saturated carbocycles. The van der Waals surface area contributed by atoms with Crippen molar-refractivity contribution in [3.63, 3.8) is 0 Å². The van der Waals surface area contributed by atoms with E-state index in [1.165, 1.54) is 4.90 Å². The van der Waals surface area contributed by atoms with Crippen molar-refractivity contribution in [2.24, 2.45) is 0 Å². The van der Waals surface area contributed by atoms with Gasteiger partial charge in [0.15, 0.2) is 0 Å². The molecule has 3 rings (SSSR count). The van der Waals surface area contributed by atoms with Crippen LogP contribution >= 0.6 is 0 Å². The molecular weight excluding hydrogens is 398 g/mol. The third-order valence-electron chi connectivity index (χ3n) is 5.38. The Morgan fingerprint density at radius 3 is 2.29 bits per heavy atom. The molecule has 0 radical (unpaired) electrons. The molecule has 1 unspecified atom stereocenters. The van der Waals surface area contributed by atoms with Crippen LogP contribution in [0.5, 0.6) is 11.5 Å². The molecule has 0 spiro atoms. The van der Waals surface area contributed by atoms with Crippen LogP contribution in [0.2, 0.25) is 0 Å². The number of nitrogens with one attached hydrogen (secondary N) is 1. The summed E-state index contributed by atoms with van der Waals surface area (Å²) in [6, 6.07) is 13.9. The molecule has 2 aromatic rings. The zero-order valence-electron chi connectivity index (χ0n) is 18.2. The third kappa shape index (κ3) is 4.79. The van der Waals surface area contributed by atoms with Gasteiger partial charge >= 0.3 is 6.03 Å². The van der Waals surface area contributed by atoms with Gasteiger partial charge in [0, 0.05) is 7.05 Å². The molecule has 8 nitrogen and oxygen atoms in total. The molecule has 1 N–H and O–H groups in total. The number of benzene rings is 2. The van der Waals surface area contributed by atoms with Gasteiger partial charge in [0.1, 0.15) is 30.2 Å². The molecule has 4 amide bonds. The van der Waals surface area contributed by atoms with Crippen LogP contribution in [0, 0.1) is 6.92 Å². The lowest BCUT2D eigenvalue weighted by molar-refractivity contribution is -0.138. The Morgan fingerprint density at radius 1 is 1.06 bits per heavy atom. The maximum Gasteiger partial charge on any atom is 0.325 e. The molecular formula is C23H27N3O5. The second-order valence-electron chi connectivity index (χ2n) is 7.65. The predicted molar refractivity (Wildman–Crippen MR) is 115 cm³/mol. The monoisotopic (exact) mass is 425 g/mol. The smallest absolute Gasteiger partial charge is 0.325 e. The van der Waals surface area contributed by atoms with Crippen molar-refractivity contribution < 1.29 is 23.9 Å². The van der Waals surface area contributed by atoms with Gasteiger partial charge in [0.05, 0.1) is 13.7 Å². The average molecular weight is 425 g/mol. The molecule has 2 aromatic carbocycles. The quantitative estimate of drug-likeness (QED) is 0.656. The van der Waals surface area contributed by atoms with Crippen LogP contribution in [0.1, 0.15) is 18.1 Å². The maximum absolute atomic E-state index is 13.0.